The largest absolute Gasteiger partial charge is 0.481 e. The number of benzene rings is 1. The molecule has 4 nitrogen and oxygen atoms in total. The summed E-state index contributed by atoms with van der Waals surface area (Å²) in [5, 5.41) is 3.20. The van der Waals surface area contributed by atoms with Crippen molar-refractivity contribution in [3.8, 4) is 5.75 Å². The molecule has 1 aliphatic rings. The Morgan fingerprint density at radius 1 is 1.20 bits per heavy atom. The van der Waals surface area contributed by atoms with Gasteiger partial charge in [0, 0.05) is 19.1 Å². The summed E-state index contributed by atoms with van der Waals surface area (Å²) in [6, 6.07) is 8.23. The van der Waals surface area contributed by atoms with Gasteiger partial charge in [-0.2, -0.15) is 0 Å². The number of hydrogen-bond acceptors (Lipinski definition) is 3. The van der Waals surface area contributed by atoms with E-state index in [1.54, 1.807) is 0 Å². The molecule has 1 heterocycles. The first-order valence-electron chi connectivity index (χ1n) is 7.34. The third kappa shape index (κ3) is 3.51. The molecule has 2 unspecified atom stereocenters. The number of hydrogen-bond donors (Lipinski definition) is 1. The van der Waals surface area contributed by atoms with Gasteiger partial charge in [0.05, 0.1) is 0 Å². The Morgan fingerprint density at radius 3 is 2.35 bits per heavy atom. The molecule has 1 aliphatic heterocycles. The minimum Gasteiger partial charge on any atom is -0.481 e. The molecule has 2 rings (SSSR count). The van der Waals surface area contributed by atoms with E-state index in [-0.39, 0.29) is 5.91 Å². The number of amides is 1. The highest BCUT2D eigenvalue weighted by Gasteiger charge is 2.24. The molecule has 2 atom stereocenters. The van der Waals surface area contributed by atoms with Gasteiger partial charge in [0.1, 0.15) is 5.75 Å². The lowest BCUT2D eigenvalue weighted by molar-refractivity contribution is -0.136. The topological polar surface area (TPSA) is 41.6 Å². The molecule has 20 heavy (non-hydrogen) atoms. The summed E-state index contributed by atoms with van der Waals surface area (Å²) >= 11 is 0. The Balaban J connectivity index is 1.93. The quantitative estimate of drug-likeness (QED) is 0.897. The Labute approximate surface area is 121 Å². The summed E-state index contributed by atoms with van der Waals surface area (Å²) in [7, 11) is 1.94. The fourth-order valence-electron chi connectivity index (χ4n) is 2.45. The van der Waals surface area contributed by atoms with E-state index in [9.17, 15) is 4.79 Å². The van der Waals surface area contributed by atoms with Crippen LogP contribution in [0, 0.1) is 0 Å². The molecule has 0 saturated carbocycles. The van der Waals surface area contributed by atoms with Gasteiger partial charge in [0.2, 0.25) is 0 Å². The first-order valence-corrected chi connectivity index (χ1v) is 7.34. The van der Waals surface area contributed by atoms with Crippen LogP contribution in [0.4, 0.5) is 0 Å². The van der Waals surface area contributed by atoms with Crippen molar-refractivity contribution >= 4 is 5.91 Å². The minimum absolute atomic E-state index is 0.0927. The normalized spacial score (nSPS) is 17.9. The molecule has 0 aromatic heterocycles. The molecular formula is C16H24N2O2. The summed E-state index contributed by atoms with van der Waals surface area (Å²) in [5.41, 5.74) is 1.21. The Morgan fingerprint density at radius 2 is 1.80 bits per heavy atom. The lowest BCUT2D eigenvalue weighted by Crippen LogP contribution is -2.38. The fraction of sp³-hybridized carbons (Fsp3) is 0.562. The molecule has 1 amide bonds. The third-order valence-corrected chi connectivity index (χ3v) is 3.89. The van der Waals surface area contributed by atoms with Crippen LogP contribution in [0.15, 0.2) is 24.3 Å². The molecule has 0 bridgehead atoms. The Kier molecular flexibility index (Phi) is 5.01. The van der Waals surface area contributed by atoms with Crippen LogP contribution in [-0.4, -0.2) is 37.0 Å². The average Bonchev–Trinajstić information content (AvgIpc) is 3.00. The van der Waals surface area contributed by atoms with E-state index in [0.717, 1.165) is 31.7 Å². The maximum absolute atomic E-state index is 12.2. The predicted octanol–water partition coefficient (Wildman–Crippen LogP) is 2.36. The van der Waals surface area contributed by atoms with Crippen LogP contribution in [0.1, 0.15) is 38.3 Å². The van der Waals surface area contributed by atoms with Crippen LogP contribution in [0.2, 0.25) is 0 Å². The highest BCUT2D eigenvalue weighted by Crippen LogP contribution is 2.19. The van der Waals surface area contributed by atoms with E-state index in [1.807, 2.05) is 43.1 Å². The molecule has 1 aromatic rings. The standard InChI is InChI=1S/C16H24N2O2/c1-12(17-3)14-6-8-15(9-7-14)20-13(2)16(19)18-10-4-5-11-18/h6-9,12-13,17H,4-5,10-11H2,1-3H3. The monoisotopic (exact) mass is 276 g/mol. The second kappa shape index (κ2) is 6.75. The highest BCUT2D eigenvalue weighted by atomic mass is 16.5. The van der Waals surface area contributed by atoms with Gasteiger partial charge in [-0.05, 0) is 51.4 Å². The number of ether oxygens (including phenoxy) is 1. The summed E-state index contributed by atoms with van der Waals surface area (Å²) in [6.45, 7) is 5.66. The van der Waals surface area contributed by atoms with E-state index in [1.165, 1.54) is 5.56 Å². The zero-order valence-corrected chi connectivity index (χ0v) is 12.6. The molecular weight excluding hydrogens is 252 g/mol. The summed E-state index contributed by atoms with van der Waals surface area (Å²) in [4.78, 5) is 14.1. The molecule has 1 N–H and O–H groups in total. The Bertz CT molecular complexity index is 438. The minimum atomic E-state index is -0.416. The number of carbonyl (C=O) groups is 1. The number of rotatable bonds is 5. The highest BCUT2D eigenvalue weighted by molar-refractivity contribution is 5.81. The van der Waals surface area contributed by atoms with E-state index >= 15 is 0 Å². The van der Waals surface area contributed by atoms with E-state index < -0.39 is 6.10 Å². The van der Waals surface area contributed by atoms with E-state index in [0.29, 0.717) is 6.04 Å². The van der Waals surface area contributed by atoms with Crippen molar-refractivity contribution in [1.82, 2.24) is 10.2 Å². The maximum atomic E-state index is 12.2. The molecule has 0 radical (unpaired) electrons. The van der Waals surface area contributed by atoms with Crippen molar-refractivity contribution in [2.24, 2.45) is 0 Å². The van der Waals surface area contributed by atoms with Crippen molar-refractivity contribution in [3.05, 3.63) is 29.8 Å². The maximum Gasteiger partial charge on any atom is 0.263 e. The second-order valence-electron chi connectivity index (χ2n) is 5.37. The van der Waals surface area contributed by atoms with E-state index in [2.05, 4.69) is 12.2 Å². The van der Waals surface area contributed by atoms with Crippen LogP contribution < -0.4 is 10.1 Å². The van der Waals surface area contributed by atoms with Gasteiger partial charge in [-0.25, -0.2) is 0 Å². The summed E-state index contributed by atoms with van der Waals surface area (Å²) < 4.78 is 5.75. The van der Waals surface area contributed by atoms with Crippen molar-refractivity contribution < 1.29 is 9.53 Å². The van der Waals surface area contributed by atoms with Crippen LogP contribution in [0.25, 0.3) is 0 Å². The number of likely N-dealkylation sites (tertiary alicyclic amines) is 1. The third-order valence-electron chi connectivity index (χ3n) is 3.89. The first kappa shape index (κ1) is 14.9. The Hall–Kier alpha value is -1.55. The lowest BCUT2D eigenvalue weighted by Gasteiger charge is -2.21. The van der Waals surface area contributed by atoms with Crippen LogP contribution >= 0.6 is 0 Å². The SMILES string of the molecule is CNC(C)c1ccc(OC(C)C(=O)N2CCCC2)cc1. The van der Waals surface area contributed by atoms with Gasteiger partial charge in [-0.3, -0.25) is 4.79 Å². The summed E-state index contributed by atoms with van der Waals surface area (Å²) in [5.74, 6) is 0.840. The molecule has 0 aliphatic carbocycles. The average molecular weight is 276 g/mol. The zero-order valence-electron chi connectivity index (χ0n) is 12.6. The van der Waals surface area contributed by atoms with Crippen molar-refractivity contribution in [3.63, 3.8) is 0 Å². The predicted molar refractivity (Wildman–Crippen MR) is 79.8 cm³/mol. The number of nitrogens with one attached hydrogen (secondary N) is 1. The zero-order chi connectivity index (χ0) is 14.5. The molecule has 1 saturated heterocycles. The fourth-order valence-corrected chi connectivity index (χ4v) is 2.45. The smallest absolute Gasteiger partial charge is 0.263 e. The van der Waals surface area contributed by atoms with Crippen molar-refractivity contribution in [2.45, 2.75) is 38.8 Å². The van der Waals surface area contributed by atoms with Crippen molar-refractivity contribution in [2.75, 3.05) is 20.1 Å². The van der Waals surface area contributed by atoms with Gasteiger partial charge in [-0.1, -0.05) is 12.1 Å². The van der Waals surface area contributed by atoms with Gasteiger partial charge < -0.3 is 15.0 Å². The van der Waals surface area contributed by atoms with E-state index in [4.69, 9.17) is 4.74 Å². The summed E-state index contributed by atoms with van der Waals surface area (Å²) in [6.07, 6.45) is 1.80. The van der Waals surface area contributed by atoms with Gasteiger partial charge in [0.15, 0.2) is 6.10 Å². The van der Waals surface area contributed by atoms with Gasteiger partial charge >= 0.3 is 0 Å². The first-order chi connectivity index (χ1) is 9.61. The van der Waals surface area contributed by atoms with Gasteiger partial charge in [0.25, 0.3) is 5.91 Å². The molecule has 1 aromatic carbocycles. The van der Waals surface area contributed by atoms with Crippen LogP contribution in [0.5, 0.6) is 5.75 Å². The lowest BCUT2D eigenvalue weighted by atomic mass is 10.1. The number of nitrogens with zero attached hydrogens (tertiary/aromatic N) is 1. The van der Waals surface area contributed by atoms with Crippen LogP contribution in [0.3, 0.4) is 0 Å². The molecule has 4 heteroatoms. The molecule has 110 valence electrons. The van der Waals surface area contributed by atoms with Crippen LogP contribution in [-0.2, 0) is 4.79 Å². The van der Waals surface area contributed by atoms with Crippen molar-refractivity contribution in [1.29, 1.82) is 0 Å². The molecule has 0 spiro atoms. The van der Waals surface area contributed by atoms with Gasteiger partial charge in [-0.15, -0.1) is 0 Å². The number of carbonyl (C=O) groups excluding carboxylic acids is 1. The second-order valence-corrected chi connectivity index (χ2v) is 5.37. The molecule has 1 fully saturated rings.